The second-order valence-corrected chi connectivity index (χ2v) is 5.20. The minimum Gasteiger partial charge on any atom is -0.469 e. The Hall–Kier alpha value is -2.37. The maximum absolute atomic E-state index is 12.3. The Morgan fingerprint density at radius 1 is 0.957 bits per heavy atom. The van der Waals surface area contributed by atoms with Crippen LogP contribution < -0.4 is 0 Å². The summed E-state index contributed by atoms with van der Waals surface area (Å²) >= 11 is 0. The van der Waals surface area contributed by atoms with Crippen LogP contribution in [0.1, 0.15) is 24.0 Å². The number of nitrogens with zero attached hydrogens (tertiary/aromatic N) is 1. The highest BCUT2D eigenvalue weighted by Crippen LogP contribution is 2.08. The molecule has 0 atom stereocenters. The van der Waals surface area contributed by atoms with Crippen LogP contribution in [0.5, 0.6) is 0 Å². The van der Waals surface area contributed by atoms with E-state index in [2.05, 4.69) is 9.47 Å². The van der Waals surface area contributed by atoms with Gasteiger partial charge in [-0.25, -0.2) is 0 Å². The van der Waals surface area contributed by atoms with Crippen LogP contribution >= 0.6 is 0 Å². The minimum absolute atomic E-state index is 0.0454. The van der Waals surface area contributed by atoms with Crippen molar-refractivity contribution in [2.24, 2.45) is 0 Å². The van der Waals surface area contributed by atoms with Crippen molar-refractivity contribution in [2.45, 2.75) is 26.2 Å². The number of carbonyl (C=O) groups is 3. The van der Waals surface area contributed by atoms with Crippen LogP contribution in [0.25, 0.3) is 0 Å². The Morgan fingerprint density at radius 2 is 1.57 bits per heavy atom. The Balaban J connectivity index is 2.60. The molecule has 0 bridgehead atoms. The lowest BCUT2D eigenvalue weighted by molar-refractivity contribution is -0.148. The third-order valence-electron chi connectivity index (χ3n) is 3.46. The zero-order chi connectivity index (χ0) is 17.2. The molecule has 1 amide bonds. The van der Waals surface area contributed by atoms with E-state index in [9.17, 15) is 14.4 Å². The van der Waals surface area contributed by atoms with Gasteiger partial charge in [0.25, 0.3) is 0 Å². The number of esters is 2. The summed E-state index contributed by atoms with van der Waals surface area (Å²) in [6.07, 6.45) is 0.889. The van der Waals surface area contributed by atoms with E-state index >= 15 is 0 Å². The van der Waals surface area contributed by atoms with Gasteiger partial charge in [0.1, 0.15) is 6.54 Å². The first-order valence-corrected chi connectivity index (χ1v) is 7.43. The molecule has 0 aromatic heterocycles. The maximum atomic E-state index is 12.3. The summed E-state index contributed by atoms with van der Waals surface area (Å²) in [5.41, 5.74) is 2.21. The molecule has 23 heavy (non-hydrogen) atoms. The molecule has 0 aliphatic carbocycles. The standard InChI is InChI=1S/C17H23NO5/c1-13-4-6-14(7-5-13)8-9-15(19)18(12-17(21)23-3)11-10-16(20)22-2/h4-7H,8-12H2,1-3H3. The third kappa shape index (κ3) is 6.95. The summed E-state index contributed by atoms with van der Waals surface area (Å²) in [5, 5.41) is 0. The molecule has 0 unspecified atom stereocenters. The number of benzene rings is 1. The normalized spacial score (nSPS) is 10.0. The van der Waals surface area contributed by atoms with E-state index < -0.39 is 11.9 Å². The molecule has 1 aromatic rings. The highest BCUT2D eigenvalue weighted by Gasteiger charge is 2.18. The van der Waals surface area contributed by atoms with Gasteiger partial charge in [-0.1, -0.05) is 29.8 Å². The number of hydrogen-bond acceptors (Lipinski definition) is 5. The molecule has 6 heteroatoms. The van der Waals surface area contributed by atoms with Crippen molar-refractivity contribution in [1.29, 1.82) is 0 Å². The van der Waals surface area contributed by atoms with Crippen molar-refractivity contribution in [3.8, 4) is 0 Å². The van der Waals surface area contributed by atoms with Crippen LogP contribution in [0.2, 0.25) is 0 Å². The molecule has 0 aliphatic heterocycles. The van der Waals surface area contributed by atoms with E-state index in [4.69, 9.17) is 0 Å². The van der Waals surface area contributed by atoms with Crippen LogP contribution in [0.3, 0.4) is 0 Å². The zero-order valence-electron chi connectivity index (χ0n) is 13.8. The molecule has 0 aliphatic rings. The van der Waals surface area contributed by atoms with Crippen LogP contribution in [0.15, 0.2) is 24.3 Å². The Morgan fingerprint density at radius 3 is 2.13 bits per heavy atom. The first kappa shape index (κ1) is 18.7. The lowest BCUT2D eigenvalue weighted by Gasteiger charge is -2.21. The first-order valence-electron chi connectivity index (χ1n) is 7.43. The van der Waals surface area contributed by atoms with Crippen LogP contribution in [0.4, 0.5) is 0 Å². The quantitative estimate of drug-likeness (QED) is 0.678. The van der Waals surface area contributed by atoms with Gasteiger partial charge in [0.15, 0.2) is 0 Å². The second kappa shape index (κ2) is 9.61. The average molecular weight is 321 g/mol. The molecule has 1 aromatic carbocycles. The van der Waals surface area contributed by atoms with E-state index in [-0.39, 0.29) is 31.8 Å². The molecular weight excluding hydrogens is 298 g/mol. The number of rotatable bonds is 8. The Kier molecular flexibility index (Phi) is 7.80. The lowest BCUT2D eigenvalue weighted by Crippen LogP contribution is -2.38. The smallest absolute Gasteiger partial charge is 0.325 e. The summed E-state index contributed by atoms with van der Waals surface area (Å²) < 4.78 is 9.15. The Labute approximate surface area is 136 Å². The van der Waals surface area contributed by atoms with E-state index in [0.717, 1.165) is 11.1 Å². The number of carbonyl (C=O) groups excluding carboxylic acids is 3. The lowest BCUT2D eigenvalue weighted by atomic mass is 10.1. The fourth-order valence-corrected chi connectivity index (χ4v) is 2.00. The largest absolute Gasteiger partial charge is 0.469 e. The molecule has 0 N–H and O–H groups in total. The van der Waals surface area contributed by atoms with Gasteiger partial charge in [-0.05, 0) is 18.9 Å². The fourth-order valence-electron chi connectivity index (χ4n) is 2.00. The van der Waals surface area contributed by atoms with Gasteiger partial charge in [0.2, 0.25) is 5.91 Å². The summed E-state index contributed by atoms with van der Waals surface area (Å²) in [6.45, 7) is 1.97. The van der Waals surface area contributed by atoms with Crippen molar-refractivity contribution in [3.05, 3.63) is 35.4 Å². The van der Waals surface area contributed by atoms with Gasteiger partial charge in [-0.2, -0.15) is 0 Å². The second-order valence-electron chi connectivity index (χ2n) is 5.20. The topological polar surface area (TPSA) is 72.9 Å². The first-order chi connectivity index (χ1) is 11.0. The molecular formula is C17H23NO5. The summed E-state index contributed by atoms with van der Waals surface area (Å²) in [4.78, 5) is 36.3. The third-order valence-corrected chi connectivity index (χ3v) is 3.46. The number of aryl methyl sites for hydroxylation is 2. The maximum Gasteiger partial charge on any atom is 0.325 e. The molecule has 0 saturated carbocycles. The van der Waals surface area contributed by atoms with Gasteiger partial charge in [-0.15, -0.1) is 0 Å². The predicted molar refractivity (Wildman–Crippen MR) is 84.7 cm³/mol. The van der Waals surface area contributed by atoms with Crippen molar-refractivity contribution < 1.29 is 23.9 Å². The fraction of sp³-hybridized carbons (Fsp3) is 0.471. The van der Waals surface area contributed by atoms with E-state index in [0.29, 0.717) is 6.42 Å². The number of hydrogen-bond donors (Lipinski definition) is 0. The van der Waals surface area contributed by atoms with Gasteiger partial charge >= 0.3 is 11.9 Å². The highest BCUT2D eigenvalue weighted by molar-refractivity contribution is 5.82. The summed E-state index contributed by atoms with van der Waals surface area (Å²) in [6, 6.07) is 7.93. The van der Waals surface area contributed by atoms with E-state index in [1.807, 2.05) is 31.2 Å². The molecule has 126 valence electrons. The molecule has 0 spiro atoms. The van der Waals surface area contributed by atoms with Gasteiger partial charge in [-0.3, -0.25) is 14.4 Å². The molecule has 1 rings (SSSR count). The van der Waals surface area contributed by atoms with E-state index in [1.165, 1.54) is 19.1 Å². The number of ether oxygens (including phenoxy) is 2. The van der Waals surface area contributed by atoms with Crippen molar-refractivity contribution in [3.63, 3.8) is 0 Å². The molecule has 0 fully saturated rings. The summed E-state index contributed by atoms with van der Waals surface area (Å²) in [5.74, 6) is -1.13. The van der Waals surface area contributed by atoms with Crippen LogP contribution in [-0.4, -0.2) is 50.1 Å². The van der Waals surface area contributed by atoms with Gasteiger partial charge in [0, 0.05) is 13.0 Å². The highest BCUT2D eigenvalue weighted by atomic mass is 16.5. The minimum atomic E-state index is -0.515. The monoisotopic (exact) mass is 321 g/mol. The SMILES string of the molecule is COC(=O)CCN(CC(=O)OC)C(=O)CCc1ccc(C)cc1. The van der Waals surface area contributed by atoms with Gasteiger partial charge in [0.05, 0.1) is 20.6 Å². The van der Waals surface area contributed by atoms with E-state index in [1.54, 1.807) is 0 Å². The van der Waals surface area contributed by atoms with Crippen molar-refractivity contribution in [1.82, 2.24) is 4.90 Å². The van der Waals surface area contributed by atoms with Crippen LogP contribution in [-0.2, 0) is 30.3 Å². The van der Waals surface area contributed by atoms with Crippen molar-refractivity contribution >= 4 is 17.8 Å². The molecule has 0 radical (unpaired) electrons. The average Bonchev–Trinajstić information content (AvgIpc) is 2.57. The zero-order valence-corrected chi connectivity index (χ0v) is 13.8. The van der Waals surface area contributed by atoms with Gasteiger partial charge < -0.3 is 14.4 Å². The Bertz CT molecular complexity index is 538. The molecule has 0 heterocycles. The molecule has 0 saturated heterocycles. The summed E-state index contributed by atoms with van der Waals surface area (Å²) in [7, 11) is 2.55. The predicted octanol–water partition coefficient (Wildman–Crippen LogP) is 1.49. The van der Waals surface area contributed by atoms with Crippen LogP contribution in [0, 0.1) is 6.92 Å². The molecule has 6 nitrogen and oxygen atoms in total. The van der Waals surface area contributed by atoms with Crippen molar-refractivity contribution in [2.75, 3.05) is 27.3 Å². The number of amides is 1. The number of methoxy groups -OCH3 is 2.